The number of aromatic nitrogens is 1. The number of rotatable bonds is 3. The molecule has 1 aromatic rings. The van der Waals surface area contributed by atoms with Crippen molar-refractivity contribution < 1.29 is 4.53 Å². The predicted molar refractivity (Wildman–Crippen MR) is 65.6 cm³/mol. The molecule has 0 aromatic carbocycles. The highest BCUT2D eigenvalue weighted by atomic mass is 28.4. The third-order valence-corrected chi connectivity index (χ3v) is 2.37. The highest BCUT2D eigenvalue weighted by Crippen LogP contribution is 2.08. The van der Waals surface area contributed by atoms with E-state index >= 15 is 0 Å². The number of oxime groups is 1. The third-order valence-electron chi connectivity index (χ3n) is 1.73. The fourth-order valence-electron chi connectivity index (χ4n) is 1.03. The largest absolute Gasteiger partial charge is 0.455 e. The van der Waals surface area contributed by atoms with E-state index in [0.29, 0.717) is 17.0 Å². The van der Waals surface area contributed by atoms with E-state index in [1.54, 1.807) is 25.3 Å². The van der Waals surface area contributed by atoms with E-state index in [2.05, 4.69) is 16.2 Å². The molecule has 84 valence electrons. The number of hydrogen-bond acceptors (Lipinski definition) is 4. The lowest BCUT2D eigenvalue weighted by Gasteiger charge is -2.13. The van der Waals surface area contributed by atoms with E-state index in [1.807, 2.05) is 19.6 Å². The molecule has 16 heavy (non-hydrogen) atoms. The van der Waals surface area contributed by atoms with Gasteiger partial charge in [0.05, 0.1) is 5.56 Å². The zero-order valence-corrected chi connectivity index (χ0v) is 11.0. The van der Waals surface area contributed by atoms with Gasteiger partial charge in [0.15, 0.2) is 0 Å². The van der Waals surface area contributed by atoms with Gasteiger partial charge in [0, 0.05) is 6.20 Å². The molecule has 0 radical (unpaired) electrons. The van der Waals surface area contributed by atoms with Crippen LogP contribution < -0.4 is 0 Å². The SMILES string of the molecule is C/C(=N\O[Si](C)(C)C)c1ncccc1C#N. The molecule has 0 aliphatic heterocycles. The summed E-state index contributed by atoms with van der Waals surface area (Å²) in [7, 11) is -1.68. The number of nitriles is 1. The average Bonchev–Trinajstić information content (AvgIpc) is 2.25. The van der Waals surface area contributed by atoms with Crippen molar-refractivity contribution in [2.24, 2.45) is 5.16 Å². The second-order valence-corrected chi connectivity index (χ2v) is 8.80. The standard InChI is InChI=1S/C11H15N3OSi/c1-9(14-15-16(2,3)4)11-10(8-12)6-5-7-13-11/h5-7H,1-4H3/b14-9+. The molecule has 5 heteroatoms. The Bertz CT molecular complexity index is 443. The first-order valence-corrected chi connectivity index (χ1v) is 8.43. The molecule has 0 atom stereocenters. The van der Waals surface area contributed by atoms with Gasteiger partial charge < -0.3 is 4.53 Å². The van der Waals surface area contributed by atoms with Crippen LogP contribution in [0, 0.1) is 11.3 Å². The van der Waals surface area contributed by atoms with Crippen molar-refractivity contribution >= 4 is 14.0 Å². The van der Waals surface area contributed by atoms with Gasteiger partial charge in [-0.3, -0.25) is 4.98 Å². The summed E-state index contributed by atoms with van der Waals surface area (Å²) in [6, 6.07) is 5.54. The third kappa shape index (κ3) is 3.48. The monoisotopic (exact) mass is 233 g/mol. The maximum absolute atomic E-state index is 8.92. The molecule has 0 unspecified atom stereocenters. The van der Waals surface area contributed by atoms with Gasteiger partial charge in [0.25, 0.3) is 8.32 Å². The minimum atomic E-state index is -1.68. The molecular formula is C11H15N3OSi. The van der Waals surface area contributed by atoms with E-state index < -0.39 is 8.32 Å². The normalized spacial score (nSPS) is 12.1. The van der Waals surface area contributed by atoms with Crippen molar-refractivity contribution in [1.29, 1.82) is 5.26 Å². The highest BCUT2D eigenvalue weighted by molar-refractivity contribution is 6.69. The van der Waals surface area contributed by atoms with Crippen LogP contribution in [0.3, 0.4) is 0 Å². The van der Waals surface area contributed by atoms with Gasteiger partial charge in [0.2, 0.25) is 0 Å². The Hall–Kier alpha value is -1.67. The summed E-state index contributed by atoms with van der Waals surface area (Å²) in [6.07, 6.45) is 1.64. The molecule has 0 saturated heterocycles. The summed E-state index contributed by atoms with van der Waals surface area (Å²) in [5.41, 5.74) is 1.74. The average molecular weight is 233 g/mol. The van der Waals surface area contributed by atoms with Crippen LogP contribution in [-0.2, 0) is 4.53 Å². The quantitative estimate of drug-likeness (QED) is 0.458. The second-order valence-electron chi connectivity index (χ2n) is 4.39. The molecule has 0 amide bonds. The number of nitrogens with zero attached hydrogens (tertiary/aromatic N) is 3. The molecule has 1 heterocycles. The summed E-state index contributed by atoms with van der Waals surface area (Å²) < 4.78 is 5.42. The lowest BCUT2D eigenvalue weighted by atomic mass is 10.1. The smallest absolute Gasteiger partial charge is 0.278 e. The van der Waals surface area contributed by atoms with Crippen LogP contribution in [0.25, 0.3) is 0 Å². The second kappa shape index (κ2) is 4.90. The Morgan fingerprint density at radius 2 is 2.19 bits per heavy atom. The van der Waals surface area contributed by atoms with Crippen LogP contribution in [0.15, 0.2) is 23.5 Å². The summed E-state index contributed by atoms with van der Waals surface area (Å²) in [5.74, 6) is 0. The van der Waals surface area contributed by atoms with Crippen molar-refractivity contribution in [2.45, 2.75) is 26.6 Å². The van der Waals surface area contributed by atoms with Crippen molar-refractivity contribution in [2.75, 3.05) is 0 Å². The molecule has 1 aromatic heterocycles. The van der Waals surface area contributed by atoms with E-state index in [-0.39, 0.29) is 0 Å². The van der Waals surface area contributed by atoms with Crippen LogP contribution in [0.1, 0.15) is 18.2 Å². The molecule has 0 spiro atoms. The van der Waals surface area contributed by atoms with E-state index in [9.17, 15) is 0 Å². The molecule has 0 bridgehead atoms. The van der Waals surface area contributed by atoms with Gasteiger partial charge in [-0.1, -0.05) is 0 Å². The zero-order chi connectivity index (χ0) is 12.2. The Morgan fingerprint density at radius 3 is 2.75 bits per heavy atom. The Balaban J connectivity index is 2.97. The Labute approximate surface area is 96.7 Å². The minimum absolute atomic E-state index is 0.517. The van der Waals surface area contributed by atoms with Gasteiger partial charge in [-0.25, -0.2) is 0 Å². The van der Waals surface area contributed by atoms with Crippen LogP contribution in [0.2, 0.25) is 19.6 Å². The van der Waals surface area contributed by atoms with Gasteiger partial charge >= 0.3 is 0 Å². The van der Waals surface area contributed by atoms with Crippen LogP contribution in [0.4, 0.5) is 0 Å². The van der Waals surface area contributed by atoms with E-state index in [0.717, 1.165) is 0 Å². The zero-order valence-electron chi connectivity index (χ0n) is 9.98. The van der Waals surface area contributed by atoms with Gasteiger partial charge in [-0.15, -0.1) is 5.16 Å². The van der Waals surface area contributed by atoms with Crippen LogP contribution in [-0.4, -0.2) is 19.0 Å². The molecule has 0 fully saturated rings. The summed E-state index contributed by atoms with van der Waals surface area (Å²) >= 11 is 0. The molecule has 1 rings (SSSR count). The van der Waals surface area contributed by atoms with Crippen molar-refractivity contribution in [3.05, 3.63) is 29.6 Å². The maximum atomic E-state index is 8.92. The van der Waals surface area contributed by atoms with E-state index in [1.165, 1.54) is 0 Å². The van der Waals surface area contributed by atoms with Gasteiger partial charge in [-0.2, -0.15) is 5.26 Å². The van der Waals surface area contributed by atoms with Crippen LogP contribution >= 0.6 is 0 Å². The summed E-state index contributed by atoms with van der Waals surface area (Å²) in [4.78, 5) is 4.13. The van der Waals surface area contributed by atoms with Crippen molar-refractivity contribution in [3.63, 3.8) is 0 Å². The number of pyridine rings is 1. The first kappa shape index (κ1) is 12.4. The van der Waals surface area contributed by atoms with Crippen molar-refractivity contribution in [1.82, 2.24) is 4.98 Å². The van der Waals surface area contributed by atoms with Gasteiger partial charge in [-0.05, 0) is 38.7 Å². The Kier molecular flexibility index (Phi) is 3.80. The minimum Gasteiger partial charge on any atom is -0.455 e. The Morgan fingerprint density at radius 1 is 1.50 bits per heavy atom. The van der Waals surface area contributed by atoms with Crippen LogP contribution in [0.5, 0.6) is 0 Å². The fraction of sp³-hybridized carbons (Fsp3) is 0.364. The number of hydrogen-bond donors (Lipinski definition) is 0. The van der Waals surface area contributed by atoms with Gasteiger partial charge in [0.1, 0.15) is 17.5 Å². The molecule has 0 aliphatic rings. The maximum Gasteiger partial charge on any atom is 0.278 e. The van der Waals surface area contributed by atoms with E-state index in [4.69, 9.17) is 9.79 Å². The highest BCUT2D eigenvalue weighted by Gasteiger charge is 2.16. The molecule has 4 nitrogen and oxygen atoms in total. The lowest BCUT2D eigenvalue weighted by Crippen LogP contribution is -2.23. The summed E-state index contributed by atoms with van der Waals surface area (Å²) in [5, 5.41) is 13.0. The lowest BCUT2D eigenvalue weighted by molar-refractivity contribution is 0.335. The predicted octanol–water partition coefficient (Wildman–Crippen LogP) is 2.53. The molecule has 0 saturated carbocycles. The first-order chi connectivity index (χ1) is 7.44. The molecule has 0 aliphatic carbocycles. The molecule has 0 N–H and O–H groups in total. The molecular weight excluding hydrogens is 218 g/mol. The van der Waals surface area contributed by atoms with Crippen molar-refractivity contribution in [3.8, 4) is 6.07 Å². The summed E-state index contributed by atoms with van der Waals surface area (Å²) in [6.45, 7) is 7.94. The fourth-order valence-corrected chi connectivity index (χ4v) is 1.44. The topological polar surface area (TPSA) is 58.3 Å². The first-order valence-electron chi connectivity index (χ1n) is 5.02.